The number of carbonyl (C=O) groups is 1. The summed E-state index contributed by atoms with van der Waals surface area (Å²) >= 11 is 0. The Labute approximate surface area is 79.3 Å². The molecule has 1 amide bonds. The van der Waals surface area contributed by atoms with Gasteiger partial charge in [-0.3, -0.25) is 4.79 Å². The number of primary amides is 1. The number of amides is 1. The van der Waals surface area contributed by atoms with Gasteiger partial charge >= 0.3 is 0 Å². The summed E-state index contributed by atoms with van der Waals surface area (Å²) in [6.07, 6.45) is 1.15. The van der Waals surface area contributed by atoms with Crippen LogP contribution in [0.4, 0.5) is 0 Å². The maximum Gasteiger partial charge on any atom is 0.221 e. The summed E-state index contributed by atoms with van der Waals surface area (Å²) in [7, 11) is 0. The van der Waals surface area contributed by atoms with Crippen LogP contribution in [0, 0.1) is 11.8 Å². The van der Waals surface area contributed by atoms with Crippen LogP contribution in [0.25, 0.3) is 0 Å². The third-order valence-corrected chi connectivity index (χ3v) is 2.72. The Morgan fingerprint density at radius 1 is 1.69 bits per heavy atom. The second kappa shape index (κ2) is 4.58. The van der Waals surface area contributed by atoms with Crippen molar-refractivity contribution in [2.45, 2.75) is 13.3 Å². The van der Waals surface area contributed by atoms with E-state index in [0.717, 1.165) is 32.6 Å². The molecular formula is C9H19N3O. The molecule has 4 N–H and O–H groups in total. The van der Waals surface area contributed by atoms with Gasteiger partial charge in [0, 0.05) is 19.0 Å². The maximum absolute atomic E-state index is 10.8. The molecule has 1 saturated heterocycles. The zero-order valence-corrected chi connectivity index (χ0v) is 8.20. The summed E-state index contributed by atoms with van der Waals surface area (Å²) in [5.74, 6) is 0.354. The van der Waals surface area contributed by atoms with Gasteiger partial charge in [-0.15, -0.1) is 0 Å². The van der Waals surface area contributed by atoms with Crippen molar-refractivity contribution in [1.29, 1.82) is 0 Å². The number of nitrogens with two attached hydrogens (primary N) is 2. The van der Waals surface area contributed by atoms with E-state index < -0.39 is 0 Å². The fourth-order valence-corrected chi connectivity index (χ4v) is 1.75. The lowest BCUT2D eigenvalue weighted by atomic mass is 10.1. The molecule has 2 atom stereocenters. The summed E-state index contributed by atoms with van der Waals surface area (Å²) in [4.78, 5) is 13.1. The van der Waals surface area contributed by atoms with E-state index >= 15 is 0 Å². The molecule has 0 aliphatic carbocycles. The largest absolute Gasteiger partial charge is 0.369 e. The summed E-state index contributed by atoms with van der Waals surface area (Å²) < 4.78 is 0. The van der Waals surface area contributed by atoms with Gasteiger partial charge in [-0.05, 0) is 25.4 Å². The van der Waals surface area contributed by atoms with Crippen molar-refractivity contribution in [3.63, 3.8) is 0 Å². The first-order chi connectivity index (χ1) is 6.13. The van der Waals surface area contributed by atoms with Crippen LogP contribution in [0.2, 0.25) is 0 Å². The van der Waals surface area contributed by atoms with Gasteiger partial charge in [-0.25, -0.2) is 0 Å². The molecule has 76 valence electrons. The Bertz CT molecular complexity index is 184. The average Bonchev–Trinajstić information content (AvgIpc) is 2.52. The minimum atomic E-state index is -0.212. The SMILES string of the molecule is CC(CN1CCC(CN)C1)C(N)=O. The van der Waals surface area contributed by atoms with Crippen LogP contribution < -0.4 is 11.5 Å². The molecule has 0 saturated carbocycles. The van der Waals surface area contributed by atoms with Crippen LogP contribution in [0.5, 0.6) is 0 Å². The highest BCUT2D eigenvalue weighted by Crippen LogP contribution is 2.15. The first kappa shape index (κ1) is 10.5. The summed E-state index contributed by atoms with van der Waals surface area (Å²) in [6.45, 7) is 5.49. The minimum Gasteiger partial charge on any atom is -0.369 e. The normalized spacial score (nSPS) is 26.2. The van der Waals surface area contributed by atoms with E-state index in [4.69, 9.17) is 11.5 Å². The zero-order valence-electron chi connectivity index (χ0n) is 8.20. The summed E-state index contributed by atoms with van der Waals surface area (Å²) in [6, 6.07) is 0. The first-order valence-corrected chi connectivity index (χ1v) is 4.85. The molecule has 1 heterocycles. The molecule has 0 aromatic carbocycles. The molecule has 4 heteroatoms. The average molecular weight is 185 g/mol. The number of hydrogen-bond donors (Lipinski definition) is 2. The Kier molecular flexibility index (Phi) is 3.69. The van der Waals surface area contributed by atoms with E-state index in [-0.39, 0.29) is 11.8 Å². The zero-order chi connectivity index (χ0) is 9.84. The van der Waals surface area contributed by atoms with Crippen LogP contribution in [0.15, 0.2) is 0 Å². The van der Waals surface area contributed by atoms with Crippen LogP contribution >= 0.6 is 0 Å². The van der Waals surface area contributed by atoms with E-state index in [2.05, 4.69) is 4.90 Å². The van der Waals surface area contributed by atoms with Gasteiger partial charge in [0.1, 0.15) is 0 Å². The smallest absolute Gasteiger partial charge is 0.221 e. The lowest BCUT2D eigenvalue weighted by molar-refractivity contribution is -0.121. The molecule has 1 rings (SSSR count). The van der Waals surface area contributed by atoms with Crippen molar-refractivity contribution in [3.8, 4) is 0 Å². The lowest BCUT2D eigenvalue weighted by Crippen LogP contribution is -2.34. The third kappa shape index (κ3) is 2.97. The molecule has 2 unspecified atom stereocenters. The molecule has 1 aliphatic heterocycles. The van der Waals surface area contributed by atoms with Gasteiger partial charge in [0.25, 0.3) is 0 Å². The van der Waals surface area contributed by atoms with Crippen LogP contribution in [-0.2, 0) is 4.79 Å². The molecule has 0 aromatic heterocycles. The van der Waals surface area contributed by atoms with E-state index in [0.29, 0.717) is 5.92 Å². The van der Waals surface area contributed by atoms with Gasteiger partial charge in [0.2, 0.25) is 5.91 Å². The Morgan fingerprint density at radius 2 is 2.38 bits per heavy atom. The van der Waals surface area contributed by atoms with Crippen LogP contribution in [-0.4, -0.2) is 37.0 Å². The topological polar surface area (TPSA) is 72.3 Å². The van der Waals surface area contributed by atoms with Gasteiger partial charge in [-0.1, -0.05) is 6.92 Å². The molecule has 0 radical (unpaired) electrons. The fraction of sp³-hybridized carbons (Fsp3) is 0.889. The second-order valence-electron chi connectivity index (χ2n) is 3.95. The van der Waals surface area contributed by atoms with Crippen molar-refractivity contribution >= 4 is 5.91 Å². The Morgan fingerprint density at radius 3 is 2.85 bits per heavy atom. The van der Waals surface area contributed by atoms with Crippen molar-refractivity contribution in [3.05, 3.63) is 0 Å². The predicted molar refractivity (Wildman–Crippen MR) is 52.0 cm³/mol. The standard InChI is InChI=1S/C9H19N3O/c1-7(9(11)13)5-12-3-2-8(4-10)6-12/h7-8H,2-6,10H2,1H3,(H2,11,13). The molecule has 0 bridgehead atoms. The number of likely N-dealkylation sites (tertiary alicyclic amines) is 1. The molecule has 13 heavy (non-hydrogen) atoms. The molecule has 1 fully saturated rings. The minimum absolute atomic E-state index is 0.0449. The molecule has 1 aliphatic rings. The quantitative estimate of drug-likeness (QED) is 0.613. The fourth-order valence-electron chi connectivity index (χ4n) is 1.75. The molecule has 4 nitrogen and oxygen atoms in total. The van der Waals surface area contributed by atoms with Crippen molar-refractivity contribution in [2.24, 2.45) is 23.3 Å². The third-order valence-electron chi connectivity index (χ3n) is 2.72. The molecule has 0 aromatic rings. The van der Waals surface area contributed by atoms with E-state index in [9.17, 15) is 4.79 Å². The highest BCUT2D eigenvalue weighted by Gasteiger charge is 2.23. The highest BCUT2D eigenvalue weighted by atomic mass is 16.1. The van der Waals surface area contributed by atoms with Gasteiger partial charge in [0.05, 0.1) is 0 Å². The van der Waals surface area contributed by atoms with Gasteiger partial charge in [0.15, 0.2) is 0 Å². The van der Waals surface area contributed by atoms with Crippen LogP contribution in [0.1, 0.15) is 13.3 Å². The summed E-state index contributed by atoms with van der Waals surface area (Å²) in [5, 5.41) is 0. The number of rotatable bonds is 4. The highest BCUT2D eigenvalue weighted by molar-refractivity contribution is 5.76. The number of hydrogen-bond acceptors (Lipinski definition) is 3. The number of carbonyl (C=O) groups excluding carboxylic acids is 1. The van der Waals surface area contributed by atoms with E-state index in [1.807, 2.05) is 6.92 Å². The molecular weight excluding hydrogens is 166 g/mol. The van der Waals surface area contributed by atoms with Crippen LogP contribution in [0.3, 0.4) is 0 Å². The van der Waals surface area contributed by atoms with Crippen molar-refractivity contribution < 1.29 is 4.79 Å². The van der Waals surface area contributed by atoms with Gasteiger partial charge < -0.3 is 16.4 Å². The van der Waals surface area contributed by atoms with E-state index in [1.54, 1.807) is 0 Å². The first-order valence-electron chi connectivity index (χ1n) is 4.85. The maximum atomic E-state index is 10.8. The Balaban J connectivity index is 2.27. The van der Waals surface area contributed by atoms with Gasteiger partial charge in [-0.2, -0.15) is 0 Å². The van der Waals surface area contributed by atoms with E-state index in [1.165, 1.54) is 0 Å². The van der Waals surface area contributed by atoms with Crippen molar-refractivity contribution in [2.75, 3.05) is 26.2 Å². The predicted octanol–water partition coefficient (Wildman–Crippen LogP) is -0.612. The van der Waals surface area contributed by atoms with Crippen molar-refractivity contribution in [1.82, 2.24) is 4.90 Å². The second-order valence-corrected chi connectivity index (χ2v) is 3.95. The Hall–Kier alpha value is -0.610. The monoisotopic (exact) mass is 185 g/mol. The number of nitrogens with zero attached hydrogens (tertiary/aromatic N) is 1. The summed E-state index contributed by atoms with van der Waals surface area (Å²) in [5.41, 5.74) is 10.8. The molecule has 0 spiro atoms. The lowest BCUT2D eigenvalue weighted by Gasteiger charge is -2.18.